The zero-order chi connectivity index (χ0) is 18.2. The van der Waals surface area contributed by atoms with Gasteiger partial charge in [0, 0.05) is 4.90 Å². The maximum atomic E-state index is 13.3. The maximum absolute atomic E-state index is 13.3. The predicted octanol–water partition coefficient (Wildman–Crippen LogP) is 2.76. The Hall–Kier alpha value is -2.54. The van der Waals surface area contributed by atoms with Crippen molar-refractivity contribution in [3.8, 4) is 5.75 Å². The summed E-state index contributed by atoms with van der Waals surface area (Å²) in [5.74, 6) is -1.32. The molecule has 0 spiro atoms. The van der Waals surface area contributed by atoms with E-state index in [0.29, 0.717) is 0 Å². The minimum absolute atomic E-state index is 0.0190. The number of hydrogen-bond donors (Lipinski definition) is 2. The summed E-state index contributed by atoms with van der Waals surface area (Å²) in [5.41, 5.74) is 6.75. The fraction of sp³-hybridized carbons (Fsp3) is 0.222. The monoisotopic (exact) mass is 362 g/mol. The minimum atomic E-state index is -0.576. The highest BCUT2D eigenvalue weighted by atomic mass is 32.2. The van der Waals surface area contributed by atoms with E-state index in [1.165, 1.54) is 30.0 Å². The van der Waals surface area contributed by atoms with Crippen molar-refractivity contribution in [1.29, 1.82) is 0 Å². The lowest BCUT2D eigenvalue weighted by Crippen LogP contribution is -2.44. The van der Waals surface area contributed by atoms with E-state index in [2.05, 4.69) is 10.9 Å². The number of thioether (sulfide) groups is 1. The molecule has 5 nitrogen and oxygen atoms in total. The van der Waals surface area contributed by atoms with Crippen molar-refractivity contribution in [2.75, 3.05) is 12.4 Å². The van der Waals surface area contributed by atoms with Gasteiger partial charge in [-0.3, -0.25) is 20.4 Å². The van der Waals surface area contributed by atoms with Gasteiger partial charge in [0.05, 0.1) is 5.75 Å². The van der Waals surface area contributed by atoms with E-state index < -0.39 is 18.3 Å². The highest BCUT2D eigenvalue weighted by Crippen LogP contribution is 2.23. The summed E-state index contributed by atoms with van der Waals surface area (Å²) in [4.78, 5) is 24.4. The molecule has 0 heterocycles. The van der Waals surface area contributed by atoms with Crippen LogP contribution in [0.4, 0.5) is 4.39 Å². The van der Waals surface area contributed by atoms with Crippen LogP contribution in [0, 0.1) is 19.7 Å². The highest BCUT2D eigenvalue weighted by molar-refractivity contribution is 8.00. The summed E-state index contributed by atoms with van der Waals surface area (Å²) in [7, 11) is 0. The van der Waals surface area contributed by atoms with Gasteiger partial charge in [0.2, 0.25) is 5.91 Å². The Balaban J connectivity index is 1.71. The second-order valence-corrected chi connectivity index (χ2v) is 6.39. The largest absolute Gasteiger partial charge is 0.481 e. The van der Waals surface area contributed by atoms with E-state index in [1.54, 1.807) is 6.07 Å². The first kappa shape index (κ1) is 18.8. The second-order valence-electron chi connectivity index (χ2n) is 5.37. The summed E-state index contributed by atoms with van der Waals surface area (Å²) in [6.45, 7) is 3.56. The molecule has 7 heteroatoms. The third-order valence-electron chi connectivity index (χ3n) is 3.24. The lowest BCUT2D eigenvalue weighted by molar-refractivity contribution is -0.128. The number of amides is 2. The molecule has 0 saturated carbocycles. The van der Waals surface area contributed by atoms with Crippen LogP contribution in [-0.4, -0.2) is 24.2 Å². The summed E-state index contributed by atoms with van der Waals surface area (Å²) < 4.78 is 18.4. The first-order valence-corrected chi connectivity index (χ1v) is 8.59. The number of carbonyl (C=O) groups excluding carboxylic acids is 2. The average Bonchev–Trinajstić information content (AvgIpc) is 2.60. The van der Waals surface area contributed by atoms with E-state index in [9.17, 15) is 14.0 Å². The van der Waals surface area contributed by atoms with Crippen LogP contribution in [-0.2, 0) is 9.59 Å². The molecule has 2 N–H and O–H groups in total. The Bertz CT molecular complexity index is 768. The number of hydrazine groups is 1. The topological polar surface area (TPSA) is 67.4 Å². The van der Waals surface area contributed by atoms with Crippen LogP contribution in [0.5, 0.6) is 5.75 Å². The smallest absolute Gasteiger partial charge is 0.276 e. The number of carbonyl (C=O) groups is 2. The number of rotatable bonds is 6. The van der Waals surface area contributed by atoms with E-state index in [4.69, 9.17) is 4.74 Å². The predicted molar refractivity (Wildman–Crippen MR) is 94.8 cm³/mol. The van der Waals surface area contributed by atoms with Crippen LogP contribution >= 0.6 is 11.8 Å². The molecule has 0 aliphatic heterocycles. The Morgan fingerprint density at radius 3 is 2.56 bits per heavy atom. The molecule has 0 radical (unpaired) electrons. The summed E-state index contributed by atoms with van der Waals surface area (Å²) >= 11 is 1.39. The summed E-state index contributed by atoms with van der Waals surface area (Å²) in [6, 6.07) is 11.8. The zero-order valence-corrected chi connectivity index (χ0v) is 14.8. The van der Waals surface area contributed by atoms with Crippen LogP contribution in [0.1, 0.15) is 11.1 Å². The van der Waals surface area contributed by atoms with Crippen molar-refractivity contribution < 1.29 is 18.7 Å². The molecule has 2 aromatic rings. The molecule has 2 rings (SSSR count). The SMILES string of the molecule is Cc1ccc(C)c(SCC(=O)NNC(=O)COc2ccccc2F)c1. The van der Waals surface area contributed by atoms with Crippen molar-refractivity contribution >= 4 is 23.6 Å². The van der Waals surface area contributed by atoms with Gasteiger partial charge in [-0.25, -0.2) is 4.39 Å². The summed E-state index contributed by atoms with van der Waals surface area (Å²) in [6.07, 6.45) is 0. The van der Waals surface area contributed by atoms with Crippen LogP contribution in [0.15, 0.2) is 47.4 Å². The number of benzene rings is 2. The number of hydrogen-bond acceptors (Lipinski definition) is 4. The molecule has 2 aromatic carbocycles. The van der Waals surface area contributed by atoms with Crippen molar-refractivity contribution in [1.82, 2.24) is 10.9 Å². The van der Waals surface area contributed by atoms with Crippen LogP contribution in [0.3, 0.4) is 0 Å². The van der Waals surface area contributed by atoms with Crippen LogP contribution in [0.2, 0.25) is 0 Å². The molecule has 2 amide bonds. The van der Waals surface area contributed by atoms with Gasteiger partial charge in [-0.05, 0) is 37.6 Å². The number of ether oxygens (including phenoxy) is 1. The third-order valence-corrected chi connectivity index (χ3v) is 4.40. The molecular formula is C18H19FN2O3S. The average molecular weight is 362 g/mol. The fourth-order valence-electron chi connectivity index (χ4n) is 1.92. The molecule has 0 atom stereocenters. The third kappa shape index (κ3) is 6.11. The molecule has 0 bridgehead atoms. The highest BCUT2D eigenvalue weighted by Gasteiger charge is 2.09. The lowest BCUT2D eigenvalue weighted by Gasteiger charge is -2.10. The zero-order valence-electron chi connectivity index (χ0n) is 14.0. The number of para-hydroxylation sites is 1. The van der Waals surface area contributed by atoms with Gasteiger partial charge < -0.3 is 4.74 Å². The van der Waals surface area contributed by atoms with Gasteiger partial charge >= 0.3 is 0 Å². The van der Waals surface area contributed by atoms with Gasteiger partial charge in [0.1, 0.15) is 0 Å². The Morgan fingerprint density at radius 1 is 1.08 bits per heavy atom. The molecule has 0 saturated heterocycles. The number of nitrogens with one attached hydrogen (secondary N) is 2. The van der Waals surface area contributed by atoms with E-state index in [-0.39, 0.29) is 17.4 Å². The maximum Gasteiger partial charge on any atom is 0.276 e. The van der Waals surface area contributed by atoms with Crippen molar-refractivity contribution in [2.45, 2.75) is 18.7 Å². The molecule has 132 valence electrons. The normalized spacial score (nSPS) is 10.2. The molecule has 0 aliphatic carbocycles. The number of aryl methyl sites for hydroxylation is 2. The van der Waals surface area contributed by atoms with Crippen molar-refractivity contribution in [2.24, 2.45) is 0 Å². The Labute approximate surface area is 149 Å². The minimum Gasteiger partial charge on any atom is -0.481 e. The van der Waals surface area contributed by atoms with Crippen LogP contribution < -0.4 is 15.6 Å². The standard InChI is InChI=1S/C18H19FN2O3S/c1-12-7-8-13(2)16(9-12)25-11-18(23)21-20-17(22)10-24-15-6-4-3-5-14(15)19/h3-9H,10-11H2,1-2H3,(H,20,22)(H,21,23). The first-order valence-electron chi connectivity index (χ1n) is 7.61. The molecule has 0 unspecified atom stereocenters. The number of halogens is 1. The molecule has 0 aliphatic rings. The van der Waals surface area contributed by atoms with Crippen LogP contribution in [0.25, 0.3) is 0 Å². The van der Waals surface area contributed by atoms with E-state index in [0.717, 1.165) is 16.0 Å². The van der Waals surface area contributed by atoms with E-state index in [1.807, 2.05) is 32.0 Å². The molecular weight excluding hydrogens is 343 g/mol. The fourth-order valence-corrected chi connectivity index (χ4v) is 2.85. The van der Waals surface area contributed by atoms with Gasteiger partial charge in [-0.2, -0.15) is 0 Å². The quantitative estimate of drug-likeness (QED) is 0.613. The van der Waals surface area contributed by atoms with Crippen molar-refractivity contribution in [3.63, 3.8) is 0 Å². The first-order chi connectivity index (χ1) is 12.0. The lowest BCUT2D eigenvalue weighted by atomic mass is 10.2. The Kier molecular flexibility index (Phi) is 6.82. The van der Waals surface area contributed by atoms with Crippen molar-refractivity contribution in [3.05, 3.63) is 59.4 Å². The van der Waals surface area contributed by atoms with Gasteiger partial charge in [-0.1, -0.05) is 29.8 Å². The van der Waals surface area contributed by atoms with E-state index >= 15 is 0 Å². The summed E-state index contributed by atoms with van der Waals surface area (Å²) in [5, 5.41) is 0. The van der Waals surface area contributed by atoms with Gasteiger partial charge in [0.25, 0.3) is 5.91 Å². The molecule has 0 fully saturated rings. The van der Waals surface area contributed by atoms with Gasteiger partial charge in [0.15, 0.2) is 18.2 Å². The molecule has 0 aromatic heterocycles. The second kappa shape index (κ2) is 9.08. The molecule has 25 heavy (non-hydrogen) atoms. The van der Waals surface area contributed by atoms with Gasteiger partial charge in [-0.15, -0.1) is 11.8 Å². The Morgan fingerprint density at radius 2 is 1.80 bits per heavy atom.